The number of alkyl halides is 2. The summed E-state index contributed by atoms with van der Waals surface area (Å²) in [5.41, 5.74) is 2.00. The zero-order chi connectivity index (χ0) is 18.0. The van der Waals surface area contributed by atoms with Gasteiger partial charge >= 0.3 is 0 Å². The van der Waals surface area contributed by atoms with Gasteiger partial charge in [0.1, 0.15) is 6.04 Å². The number of nitrogens with zero attached hydrogens (tertiary/aromatic N) is 4. The van der Waals surface area contributed by atoms with Gasteiger partial charge in [-0.2, -0.15) is 14.0 Å². The molecule has 1 fully saturated rings. The highest BCUT2D eigenvalue weighted by atomic mass is 32.2. The van der Waals surface area contributed by atoms with E-state index in [0.29, 0.717) is 10.9 Å². The first kappa shape index (κ1) is 18.1. The first-order valence-electron chi connectivity index (χ1n) is 7.54. The Morgan fingerprint density at radius 3 is 3.00 bits per heavy atom. The molecule has 0 aliphatic carbocycles. The van der Waals surface area contributed by atoms with Crippen molar-refractivity contribution >= 4 is 35.3 Å². The maximum atomic E-state index is 12.3. The number of nitrogens with one attached hydrogen (secondary N) is 2. The van der Waals surface area contributed by atoms with Crippen molar-refractivity contribution in [1.82, 2.24) is 30.8 Å². The summed E-state index contributed by atoms with van der Waals surface area (Å²) < 4.78 is 24.3. The molecule has 0 radical (unpaired) electrons. The van der Waals surface area contributed by atoms with Crippen LogP contribution in [-0.4, -0.2) is 66.7 Å². The van der Waals surface area contributed by atoms with E-state index in [1.165, 1.54) is 11.8 Å². The molecule has 0 bridgehead atoms. The summed E-state index contributed by atoms with van der Waals surface area (Å²) in [5, 5.41) is 16.7. The van der Waals surface area contributed by atoms with Crippen molar-refractivity contribution in [2.75, 3.05) is 11.5 Å². The van der Waals surface area contributed by atoms with Crippen LogP contribution in [0.2, 0.25) is 0 Å². The minimum Gasteiger partial charge on any atom is -0.342 e. The third-order valence-corrected chi connectivity index (χ3v) is 5.80. The molecule has 2 N–H and O–H groups in total. The Hall–Kier alpha value is -1.69. The third kappa shape index (κ3) is 3.94. The van der Waals surface area contributed by atoms with Gasteiger partial charge in [-0.1, -0.05) is 23.5 Å². The number of aromatic amines is 1. The van der Waals surface area contributed by atoms with Crippen LogP contribution in [0.15, 0.2) is 16.4 Å². The van der Waals surface area contributed by atoms with Gasteiger partial charge in [0.2, 0.25) is 11.1 Å². The molecule has 2 aliphatic heterocycles. The van der Waals surface area contributed by atoms with Crippen molar-refractivity contribution < 1.29 is 18.4 Å². The fraction of sp³-hybridized carbons (Fsp3) is 0.615. The molecule has 0 saturated carbocycles. The molecule has 1 saturated heterocycles. The number of fused-ring (bicyclic) bond motifs is 1. The molecule has 0 spiro atoms. The molecule has 2 unspecified atom stereocenters. The van der Waals surface area contributed by atoms with Crippen molar-refractivity contribution in [1.29, 1.82) is 0 Å². The van der Waals surface area contributed by atoms with Crippen LogP contribution in [0.5, 0.6) is 0 Å². The molecule has 3 heterocycles. The van der Waals surface area contributed by atoms with Gasteiger partial charge in [-0.15, -0.1) is 10.2 Å². The van der Waals surface area contributed by atoms with Gasteiger partial charge < -0.3 is 10.2 Å². The molecule has 2 amide bonds. The molecule has 1 aromatic heterocycles. The van der Waals surface area contributed by atoms with Gasteiger partial charge in [0.25, 0.3) is 11.7 Å². The average molecular weight is 390 g/mol. The number of aromatic nitrogens is 4. The van der Waals surface area contributed by atoms with Crippen molar-refractivity contribution in [3.05, 3.63) is 11.3 Å². The monoisotopic (exact) mass is 390 g/mol. The SMILES string of the molecule is CC1=C(CSc2nn[nH]n2)CCC2C(NC(=O)CSC(F)F)C(=O)N12. The molecule has 1 aromatic rings. The Kier molecular flexibility index (Phi) is 5.57. The quantitative estimate of drug-likeness (QED) is 0.529. The number of thioether (sulfide) groups is 2. The predicted octanol–water partition coefficient (Wildman–Crippen LogP) is 1.01. The number of tetrazole rings is 1. The summed E-state index contributed by atoms with van der Waals surface area (Å²) in [7, 11) is 0. The Balaban J connectivity index is 1.56. The number of rotatable bonds is 7. The Morgan fingerprint density at radius 1 is 1.52 bits per heavy atom. The van der Waals surface area contributed by atoms with Gasteiger partial charge in [0, 0.05) is 11.4 Å². The zero-order valence-corrected chi connectivity index (χ0v) is 14.9. The summed E-state index contributed by atoms with van der Waals surface area (Å²) in [5.74, 6) is -3.03. The fourth-order valence-electron chi connectivity index (χ4n) is 2.98. The van der Waals surface area contributed by atoms with Gasteiger partial charge in [-0.25, -0.2) is 0 Å². The topological polar surface area (TPSA) is 104 Å². The first-order valence-corrected chi connectivity index (χ1v) is 9.58. The van der Waals surface area contributed by atoms with Crippen molar-refractivity contribution in [2.24, 2.45) is 0 Å². The van der Waals surface area contributed by atoms with Crippen LogP contribution in [0, 0.1) is 0 Å². The lowest BCUT2D eigenvalue weighted by atomic mass is 9.84. The second-order valence-electron chi connectivity index (χ2n) is 5.60. The van der Waals surface area contributed by atoms with Crippen LogP contribution in [0.25, 0.3) is 0 Å². The lowest BCUT2D eigenvalue weighted by Gasteiger charge is -2.51. The highest BCUT2D eigenvalue weighted by Gasteiger charge is 2.50. The molecule has 25 heavy (non-hydrogen) atoms. The van der Waals surface area contributed by atoms with Gasteiger partial charge in [0.15, 0.2) is 0 Å². The van der Waals surface area contributed by atoms with Crippen LogP contribution in [0.1, 0.15) is 19.8 Å². The van der Waals surface area contributed by atoms with E-state index in [1.54, 1.807) is 4.90 Å². The summed E-state index contributed by atoms with van der Waals surface area (Å²) in [6, 6.07) is -0.723. The second-order valence-corrected chi connectivity index (χ2v) is 7.52. The minimum atomic E-state index is -2.60. The second kappa shape index (κ2) is 7.68. The van der Waals surface area contributed by atoms with E-state index in [-0.39, 0.29) is 29.5 Å². The zero-order valence-electron chi connectivity index (χ0n) is 13.2. The Morgan fingerprint density at radius 2 is 2.32 bits per heavy atom. The van der Waals surface area contributed by atoms with Crippen LogP contribution < -0.4 is 5.32 Å². The molecule has 136 valence electrons. The largest absolute Gasteiger partial charge is 0.342 e. The highest BCUT2D eigenvalue weighted by Crippen LogP contribution is 2.37. The molecular formula is C13H16F2N6O2S2. The number of hydrogen-bond acceptors (Lipinski definition) is 7. The van der Waals surface area contributed by atoms with Crippen LogP contribution in [0.4, 0.5) is 8.78 Å². The summed E-state index contributed by atoms with van der Waals surface area (Å²) in [6.45, 7) is 1.88. The smallest absolute Gasteiger partial charge is 0.285 e. The lowest BCUT2D eigenvalue weighted by molar-refractivity contribution is -0.151. The summed E-state index contributed by atoms with van der Waals surface area (Å²) in [4.78, 5) is 25.7. The predicted molar refractivity (Wildman–Crippen MR) is 87.9 cm³/mol. The molecule has 0 aromatic carbocycles. The van der Waals surface area contributed by atoms with Crippen molar-refractivity contribution in [3.63, 3.8) is 0 Å². The molecule has 12 heteroatoms. The van der Waals surface area contributed by atoms with E-state index in [0.717, 1.165) is 24.1 Å². The van der Waals surface area contributed by atoms with E-state index < -0.39 is 17.7 Å². The van der Waals surface area contributed by atoms with Gasteiger partial charge in [0.05, 0.1) is 11.8 Å². The van der Waals surface area contributed by atoms with E-state index >= 15 is 0 Å². The number of carbonyl (C=O) groups excluding carboxylic acids is 2. The maximum Gasteiger partial charge on any atom is 0.285 e. The molecule has 8 nitrogen and oxygen atoms in total. The van der Waals surface area contributed by atoms with E-state index in [4.69, 9.17) is 0 Å². The van der Waals surface area contributed by atoms with E-state index in [9.17, 15) is 18.4 Å². The molecule has 2 aliphatic rings. The van der Waals surface area contributed by atoms with Gasteiger partial charge in [-0.3, -0.25) is 9.59 Å². The van der Waals surface area contributed by atoms with Crippen LogP contribution in [-0.2, 0) is 9.59 Å². The summed E-state index contributed by atoms with van der Waals surface area (Å²) in [6.07, 6.45) is 1.52. The number of carbonyl (C=O) groups is 2. The Labute approximate surface area is 150 Å². The molecule has 2 atom stereocenters. The average Bonchev–Trinajstić information content (AvgIpc) is 3.09. The standard InChI is InChI=1S/C13H16F2N6O2S2/c1-6-7(4-25-13-17-19-20-18-13)2-3-8-10(11(23)21(6)8)16-9(22)5-24-12(14)15/h8,10,12H,2-5H2,1H3,(H,16,22)(H,17,18,19,20). The fourth-order valence-corrected chi connectivity index (χ4v) is 4.20. The first-order chi connectivity index (χ1) is 12.0. The minimum absolute atomic E-state index is 0.105. The number of halogens is 2. The van der Waals surface area contributed by atoms with Crippen molar-refractivity contribution in [2.45, 2.75) is 42.8 Å². The van der Waals surface area contributed by atoms with Crippen LogP contribution >= 0.6 is 23.5 Å². The van der Waals surface area contributed by atoms with Crippen LogP contribution in [0.3, 0.4) is 0 Å². The Bertz CT molecular complexity index is 684. The highest BCUT2D eigenvalue weighted by molar-refractivity contribution is 8.00. The number of β-lactam (4-membered cyclic amide) rings is 1. The maximum absolute atomic E-state index is 12.3. The van der Waals surface area contributed by atoms with Gasteiger partial charge in [-0.05, 0) is 30.6 Å². The number of hydrogen-bond donors (Lipinski definition) is 2. The number of amides is 2. The normalized spacial score (nSPS) is 22.9. The third-order valence-electron chi connectivity index (χ3n) is 4.19. The van der Waals surface area contributed by atoms with E-state index in [1.807, 2.05) is 6.92 Å². The van der Waals surface area contributed by atoms with Crippen molar-refractivity contribution in [3.8, 4) is 0 Å². The van der Waals surface area contributed by atoms with E-state index in [2.05, 4.69) is 25.9 Å². The number of H-pyrrole nitrogens is 1. The molecular weight excluding hydrogens is 374 g/mol. The molecule has 3 rings (SSSR count). The lowest BCUT2D eigenvalue weighted by Crippen LogP contribution is -2.71. The summed E-state index contributed by atoms with van der Waals surface area (Å²) >= 11 is 1.68. The number of allylic oxidation sites excluding steroid dienone is 1.